The number of pyridine rings is 1. The first-order valence-corrected chi connectivity index (χ1v) is 20.4. The fraction of sp³-hybridized carbons (Fsp3) is 0.605. The number of nitrogens with zero attached hydrogens (tertiary/aromatic N) is 2. The summed E-state index contributed by atoms with van der Waals surface area (Å²) in [6.07, 6.45) is 0.0633. The Balaban J connectivity index is 1.51. The van der Waals surface area contributed by atoms with Crippen LogP contribution in [0.5, 0.6) is 11.6 Å². The van der Waals surface area contributed by atoms with Gasteiger partial charge in [-0.05, 0) is 88.8 Å². The molecule has 1 aromatic carbocycles. The number of carbonyl (C=O) groups excluding carboxylic acids is 4. The van der Waals surface area contributed by atoms with Crippen LogP contribution in [-0.2, 0) is 29.1 Å². The maximum Gasteiger partial charge on any atom is 0.427 e. The van der Waals surface area contributed by atoms with E-state index in [1.807, 2.05) is 19.1 Å². The predicted molar refractivity (Wildman–Crippen MR) is 199 cm³/mol. The fourth-order valence-electron chi connectivity index (χ4n) is 7.01. The van der Waals surface area contributed by atoms with Gasteiger partial charge in [0.25, 0.3) is 5.91 Å². The normalized spacial score (nSPS) is 25.7. The van der Waals surface area contributed by atoms with Crippen LogP contribution in [0.3, 0.4) is 0 Å². The molecule has 3 heterocycles. The molecule has 314 valence electrons. The molecule has 14 nitrogen and oxygen atoms in total. The quantitative estimate of drug-likeness (QED) is 0.241. The molecular formula is C38H49F4N5O9S. The number of ether oxygens (including phenoxy) is 3. The molecule has 57 heavy (non-hydrogen) atoms. The van der Waals surface area contributed by atoms with Gasteiger partial charge >= 0.3 is 12.3 Å². The van der Waals surface area contributed by atoms with Crippen LogP contribution in [0.25, 0.3) is 10.8 Å². The summed E-state index contributed by atoms with van der Waals surface area (Å²) in [4.78, 5) is 60.7. The molecular weight excluding hydrogens is 779 g/mol. The number of rotatable bonds is 8. The van der Waals surface area contributed by atoms with Gasteiger partial charge in [-0.3, -0.25) is 19.1 Å². The Labute approximate surface area is 328 Å². The minimum atomic E-state index is -4.93. The lowest BCUT2D eigenvalue weighted by Gasteiger charge is -2.34. The monoisotopic (exact) mass is 827 g/mol. The Kier molecular flexibility index (Phi) is 13.3. The number of halogens is 4. The summed E-state index contributed by atoms with van der Waals surface area (Å²) >= 11 is 0. The Morgan fingerprint density at radius 3 is 2.32 bits per heavy atom. The molecule has 4 amide bonds. The van der Waals surface area contributed by atoms with Gasteiger partial charge in [0.1, 0.15) is 24.2 Å². The Morgan fingerprint density at radius 2 is 1.67 bits per heavy atom. The molecule has 0 spiro atoms. The van der Waals surface area contributed by atoms with Gasteiger partial charge in [0.05, 0.1) is 18.9 Å². The van der Waals surface area contributed by atoms with E-state index in [-0.39, 0.29) is 47.7 Å². The van der Waals surface area contributed by atoms with Gasteiger partial charge in [-0.2, -0.15) is 13.2 Å². The molecule has 6 unspecified atom stereocenters. The number of benzene rings is 1. The number of sulfonamides is 1. The fourth-order valence-corrected chi connectivity index (χ4v) is 8.35. The number of carbonyl (C=O) groups is 4. The highest BCUT2D eigenvalue weighted by Crippen LogP contribution is 2.35. The highest BCUT2D eigenvalue weighted by atomic mass is 32.2. The van der Waals surface area contributed by atoms with Crippen molar-refractivity contribution in [3.05, 3.63) is 42.4 Å². The minimum absolute atomic E-state index is 0.0153. The van der Waals surface area contributed by atoms with Gasteiger partial charge in [-0.15, -0.1) is 0 Å². The lowest BCUT2D eigenvalue weighted by Crippen LogP contribution is -2.58. The molecule has 0 bridgehead atoms. The molecule has 0 radical (unpaired) electrons. The molecule has 5 rings (SSSR count). The lowest BCUT2D eigenvalue weighted by molar-refractivity contribution is -0.244. The van der Waals surface area contributed by atoms with Gasteiger partial charge in [-0.1, -0.05) is 26.0 Å². The van der Waals surface area contributed by atoms with E-state index in [1.165, 1.54) is 31.5 Å². The average Bonchev–Trinajstić information content (AvgIpc) is 3.91. The molecule has 1 saturated carbocycles. The second-order valence-electron chi connectivity index (χ2n) is 15.5. The lowest BCUT2D eigenvalue weighted by atomic mass is 9.88. The zero-order chi connectivity index (χ0) is 41.9. The molecule has 2 aromatic rings. The number of amides is 4. The molecule has 1 aromatic heterocycles. The SMILES string of the molecule is COc1ccc2c(OC3CC4C(=O)NC(C(=O)NS(=O)(=O)C5CC5)CCC=CCCC(C)CC(C)C(NC(=O)OC(C)(C)C(F)(F)F)C(=O)N4C3)nccc2c1F. The van der Waals surface area contributed by atoms with E-state index in [1.54, 1.807) is 6.92 Å². The number of allylic oxidation sites excluding steroid dienone is 2. The van der Waals surface area contributed by atoms with Gasteiger partial charge in [-0.25, -0.2) is 22.6 Å². The van der Waals surface area contributed by atoms with E-state index in [0.29, 0.717) is 52.4 Å². The summed E-state index contributed by atoms with van der Waals surface area (Å²) in [5, 5.41) is 4.60. The molecule has 6 atom stereocenters. The van der Waals surface area contributed by atoms with E-state index in [2.05, 4.69) is 20.3 Å². The Hall–Kier alpha value is -4.68. The van der Waals surface area contributed by atoms with E-state index >= 15 is 4.39 Å². The zero-order valence-electron chi connectivity index (χ0n) is 32.4. The molecule has 19 heteroatoms. The van der Waals surface area contributed by atoms with E-state index in [9.17, 15) is 40.8 Å². The van der Waals surface area contributed by atoms with Crippen molar-refractivity contribution >= 4 is 44.6 Å². The predicted octanol–water partition coefficient (Wildman–Crippen LogP) is 5.05. The van der Waals surface area contributed by atoms with Crippen LogP contribution in [0.4, 0.5) is 22.4 Å². The standard InChI is InChI=1S/C38H49F4N5O9S/c1-21-10-8-6-7-9-11-27(32(48)46-57(52,53)24-12-13-24)44-33(49)28-19-23(55-34-26-14-15-29(54-5)30(39)25(26)16-17-43-34)20-47(28)35(50)31(22(2)18-21)45-36(51)56-37(3,4)38(40,41)42/h6-7,14-17,21-24,27-28,31H,8-13,18-20H2,1-5H3,(H,44,49)(H,45,51)(H,46,48). The summed E-state index contributed by atoms with van der Waals surface area (Å²) in [5.41, 5.74) is -2.91. The van der Waals surface area contributed by atoms with Crippen LogP contribution in [0.1, 0.15) is 79.1 Å². The molecule has 2 fully saturated rings. The summed E-state index contributed by atoms with van der Waals surface area (Å²) in [7, 11) is -2.68. The maximum absolute atomic E-state index is 15.2. The van der Waals surface area contributed by atoms with Crippen LogP contribution < -0.4 is 24.8 Å². The highest BCUT2D eigenvalue weighted by molar-refractivity contribution is 7.90. The van der Waals surface area contributed by atoms with Gasteiger partial charge in [0, 0.05) is 23.4 Å². The third-order valence-corrected chi connectivity index (χ3v) is 12.4. The molecule has 3 N–H and O–H groups in total. The zero-order valence-corrected chi connectivity index (χ0v) is 33.2. The van der Waals surface area contributed by atoms with Gasteiger partial charge < -0.3 is 29.7 Å². The van der Waals surface area contributed by atoms with Crippen LogP contribution in [-0.4, -0.2) is 97.0 Å². The number of fused-ring (bicyclic) bond motifs is 2. The largest absolute Gasteiger partial charge is 0.494 e. The van der Waals surface area contributed by atoms with E-state index < -0.39 is 86.8 Å². The van der Waals surface area contributed by atoms with Crippen LogP contribution >= 0.6 is 0 Å². The van der Waals surface area contributed by atoms with E-state index in [4.69, 9.17) is 14.2 Å². The number of hydrogen-bond acceptors (Lipinski definition) is 10. The van der Waals surface area contributed by atoms with Crippen LogP contribution in [0.2, 0.25) is 0 Å². The maximum atomic E-state index is 15.2. The highest BCUT2D eigenvalue weighted by Gasteiger charge is 2.52. The van der Waals surface area contributed by atoms with Gasteiger partial charge in [0.15, 0.2) is 11.6 Å². The first kappa shape index (κ1) is 43.4. The Bertz CT molecular complexity index is 1970. The molecule has 2 aliphatic heterocycles. The number of nitrogens with one attached hydrogen (secondary N) is 3. The van der Waals surface area contributed by atoms with Crippen LogP contribution in [0.15, 0.2) is 36.5 Å². The van der Waals surface area contributed by atoms with Crippen molar-refractivity contribution in [1.82, 2.24) is 25.2 Å². The van der Waals surface area contributed by atoms with Crippen molar-refractivity contribution in [1.29, 1.82) is 0 Å². The number of methoxy groups -OCH3 is 1. The van der Waals surface area contributed by atoms with Crippen molar-refractivity contribution in [3.8, 4) is 11.6 Å². The smallest absolute Gasteiger partial charge is 0.427 e. The summed E-state index contributed by atoms with van der Waals surface area (Å²) < 4.78 is 99.8. The summed E-state index contributed by atoms with van der Waals surface area (Å²) in [6, 6.07) is 0.111. The number of hydrogen-bond donors (Lipinski definition) is 3. The minimum Gasteiger partial charge on any atom is -0.494 e. The summed E-state index contributed by atoms with van der Waals surface area (Å²) in [5.74, 6) is -4.09. The number of aromatic nitrogens is 1. The third-order valence-electron chi connectivity index (χ3n) is 10.5. The van der Waals surface area contributed by atoms with E-state index in [0.717, 1.165) is 4.90 Å². The molecule has 1 saturated heterocycles. The number of alkyl halides is 3. The molecule has 3 aliphatic rings. The summed E-state index contributed by atoms with van der Waals surface area (Å²) in [6.45, 7) is 4.61. The first-order chi connectivity index (χ1) is 26.7. The van der Waals surface area contributed by atoms with Crippen molar-refractivity contribution in [2.45, 2.75) is 120 Å². The van der Waals surface area contributed by atoms with Crippen molar-refractivity contribution in [2.24, 2.45) is 11.8 Å². The van der Waals surface area contributed by atoms with Gasteiger partial charge in [0.2, 0.25) is 33.3 Å². The average molecular weight is 828 g/mol. The second-order valence-corrected chi connectivity index (χ2v) is 17.5. The third kappa shape index (κ3) is 10.4. The topological polar surface area (TPSA) is 182 Å². The van der Waals surface area contributed by atoms with Crippen molar-refractivity contribution in [3.63, 3.8) is 0 Å². The van der Waals surface area contributed by atoms with Crippen LogP contribution in [0, 0.1) is 17.7 Å². The van der Waals surface area contributed by atoms with Crippen molar-refractivity contribution < 1.29 is 59.4 Å². The Morgan fingerprint density at radius 1 is 0.982 bits per heavy atom. The van der Waals surface area contributed by atoms with Crippen molar-refractivity contribution in [2.75, 3.05) is 13.7 Å². The molecule has 1 aliphatic carbocycles. The second kappa shape index (κ2) is 17.4. The first-order valence-electron chi connectivity index (χ1n) is 18.9. The number of alkyl carbamates (subject to hydrolysis) is 1.